The number of anilines is 1. The van der Waals surface area contributed by atoms with Crippen LogP contribution < -0.4 is 5.32 Å². The molecule has 112 valence electrons. The van der Waals surface area contributed by atoms with Crippen LogP contribution in [0.2, 0.25) is 0 Å². The molecule has 2 aromatic rings. The number of nitrogens with zero attached hydrogens (tertiary/aromatic N) is 2. The van der Waals surface area contributed by atoms with Crippen LogP contribution in [0.15, 0.2) is 18.2 Å². The minimum Gasteiger partial charge on any atom is -0.392 e. The third kappa shape index (κ3) is 3.77. The summed E-state index contributed by atoms with van der Waals surface area (Å²) in [5.41, 5.74) is 2.11. The molecular weight excluding hydrogens is 290 g/mol. The average molecular weight is 307 g/mol. The Morgan fingerprint density at radius 2 is 2.19 bits per heavy atom. The normalized spacial score (nSPS) is 10.6. The molecule has 0 aliphatic rings. The summed E-state index contributed by atoms with van der Waals surface area (Å²) in [4.78, 5) is 16.2. The van der Waals surface area contributed by atoms with Crippen LogP contribution in [-0.4, -0.2) is 21.6 Å². The van der Waals surface area contributed by atoms with Gasteiger partial charge in [-0.15, -0.1) is 11.3 Å². The first-order valence-corrected chi connectivity index (χ1v) is 7.38. The molecule has 7 heteroatoms. The molecule has 0 saturated carbocycles. The van der Waals surface area contributed by atoms with Crippen molar-refractivity contribution >= 4 is 22.7 Å². The van der Waals surface area contributed by atoms with Gasteiger partial charge in [-0.3, -0.25) is 10.1 Å². The van der Waals surface area contributed by atoms with E-state index in [2.05, 4.69) is 10.3 Å². The third-order valence-corrected chi connectivity index (χ3v) is 4.30. The highest BCUT2D eigenvalue weighted by Gasteiger charge is 2.14. The van der Waals surface area contributed by atoms with Crippen LogP contribution in [0.3, 0.4) is 0 Å². The summed E-state index contributed by atoms with van der Waals surface area (Å²) in [6, 6.07) is 4.57. The van der Waals surface area contributed by atoms with Crippen LogP contribution in [0.1, 0.15) is 21.1 Å². The topological polar surface area (TPSA) is 88.3 Å². The van der Waals surface area contributed by atoms with Crippen LogP contribution in [-0.2, 0) is 13.0 Å². The summed E-state index contributed by atoms with van der Waals surface area (Å²) in [6.45, 7) is 4.41. The highest BCUT2D eigenvalue weighted by molar-refractivity contribution is 7.11. The predicted octanol–water partition coefficient (Wildman–Crippen LogP) is 2.82. The number of nitro benzene ring substituents is 1. The molecule has 2 N–H and O–H groups in total. The van der Waals surface area contributed by atoms with Gasteiger partial charge in [0.05, 0.1) is 22.2 Å². The largest absolute Gasteiger partial charge is 0.392 e. The number of aryl methyl sites for hydroxylation is 2. The fourth-order valence-corrected chi connectivity index (χ4v) is 2.87. The summed E-state index contributed by atoms with van der Waals surface area (Å²) in [6.07, 6.45) is 0.708. The molecule has 6 nitrogen and oxygen atoms in total. The van der Waals surface area contributed by atoms with Crippen LogP contribution in [0.4, 0.5) is 11.4 Å². The molecule has 0 spiro atoms. The number of aliphatic hydroxyl groups excluding tert-OH is 1. The van der Waals surface area contributed by atoms with Crippen molar-refractivity contribution in [2.75, 3.05) is 11.9 Å². The van der Waals surface area contributed by atoms with Gasteiger partial charge >= 0.3 is 0 Å². The van der Waals surface area contributed by atoms with E-state index in [4.69, 9.17) is 5.11 Å². The first-order chi connectivity index (χ1) is 10.0. The fraction of sp³-hybridized carbons (Fsp3) is 0.357. The van der Waals surface area contributed by atoms with E-state index in [1.807, 2.05) is 13.8 Å². The van der Waals surface area contributed by atoms with Crippen molar-refractivity contribution in [2.45, 2.75) is 26.9 Å². The lowest BCUT2D eigenvalue weighted by Gasteiger charge is -2.07. The van der Waals surface area contributed by atoms with Crippen molar-refractivity contribution < 1.29 is 10.0 Å². The van der Waals surface area contributed by atoms with Gasteiger partial charge in [-0.1, -0.05) is 0 Å². The summed E-state index contributed by atoms with van der Waals surface area (Å²) < 4.78 is 0. The number of hydrogen-bond donors (Lipinski definition) is 2. The molecule has 0 bridgehead atoms. The lowest BCUT2D eigenvalue weighted by atomic mass is 10.2. The van der Waals surface area contributed by atoms with Gasteiger partial charge in [0, 0.05) is 23.9 Å². The summed E-state index contributed by atoms with van der Waals surface area (Å²) in [7, 11) is 0. The van der Waals surface area contributed by atoms with Crippen LogP contribution in [0.25, 0.3) is 0 Å². The van der Waals surface area contributed by atoms with Gasteiger partial charge in [-0.05, 0) is 31.5 Å². The van der Waals surface area contributed by atoms with Crippen molar-refractivity contribution in [3.8, 4) is 0 Å². The second kappa shape index (κ2) is 6.64. The maximum Gasteiger partial charge on any atom is 0.292 e. The lowest BCUT2D eigenvalue weighted by Crippen LogP contribution is -2.07. The van der Waals surface area contributed by atoms with Gasteiger partial charge in [0.2, 0.25) is 0 Å². The van der Waals surface area contributed by atoms with Crippen molar-refractivity contribution in [1.29, 1.82) is 0 Å². The molecule has 0 aliphatic carbocycles. The number of thiazole rings is 1. The molecule has 1 aromatic carbocycles. The summed E-state index contributed by atoms with van der Waals surface area (Å²) in [5, 5.41) is 24.2. The summed E-state index contributed by atoms with van der Waals surface area (Å²) in [5.74, 6) is 0. The number of nitrogens with one attached hydrogen (secondary N) is 1. The maximum absolute atomic E-state index is 11.0. The van der Waals surface area contributed by atoms with Gasteiger partial charge in [0.1, 0.15) is 5.69 Å². The number of aliphatic hydroxyl groups is 1. The van der Waals surface area contributed by atoms with E-state index in [1.54, 1.807) is 23.5 Å². The molecule has 0 saturated heterocycles. The number of hydrogen-bond acceptors (Lipinski definition) is 6. The quantitative estimate of drug-likeness (QED) is 0.633. The Morgan fingerprint density at radius 1 is 1.43 bits per heavy atom. The Hall–Kier alpha value is -1.99. The molecule has 0 unspecified atom stereocenters. The smallest absolute Gasteiger partial charge is 0.292 e. The Balaban J connectivity index is 2.06. The van der Waals surface area contributed by atoms with Gasteiger partial charge < -0.3 is 10.4 Å². The maximum atomic E-state index is 11.0. The van der Waals surface area contributed by atoms with Crippen molar-refractivity contribution in [3.63, 3.8) is 0 Å². The fourth-order valence-electron chi connectivity index (χ4n) is 1.93. The second-order valence-corrected chi connectivity index (χ2v) is 5.98. The molecule has 21 heavy (non-hydrogen) atoms. The predicted molar refractivity (Wildman–Crippen MR) is 82.8 cm³/mol. The molecule has 0 aliphatic heterocycles. The number of nitro groups is 1. The minimum atomic E-state index is -0.429. The minimum absolute atomic E-state index is 0.0127. The molecule has 1 aromatic heterocycles. The Kier molecular flexibility index (Phi) is 4.87. The monoisotopic (exact) mass is 307 g/mol. The van der Waals surface area contributed by atoms with Crippen LogP contribution in [0, 0.1) is 24.0 Å². The zero-order chi connectivity index (χ0) is 15.4. The molecule has 0 atom stereocenters. The van der Waals surface area contributed by atoms with Crippen molar-refractivity contribution in [2.24, 2.45) is 0 Å². The average Bonchev–Trinajstić information content (AvgIpc) is 2.77. The first-order valence-electron chi connectivity index (χ1n) is 6.56. The molecule has 1 heterocycles. The second-order valence-electron chi connectivity index (χ2n) is 4.69. The third-order valence-electron chi connectivity index (χ3n) is 3.17. The zero-order valence-corrected chi connectivity index (χ0v) is 12.7. The number of aromatic nitrogens is 1. The molecule has 0 amide bonds. The molecule has 0 fully saturated rings. The zero-order valence-electron chi connectivity index (χ0n) is 11.9. The van der Waals surface area contributed by atoms with Gasteiger partial charge in [-0.25, -0.2) is 4.98 Å². The Morgan fingerprint density at radius 3 is 2.76 bits per heavy atom. The molecule has 0 radical (unpaired) electrons. The number of benzene rings is 1. The van der Waals surface area contributed by atoms with Crippen LogP contribution in [0.5, 0.6) is 0 Å². The first kappa shape index (κ1) is 15.4. The van der Waals surface area contributed by atoms with Gasteiger partial charge in [0.15, 0.2) is 0 Å². The van der Waals surface area contributed by atoms with E-state index in [-0.39, 0.29) is 12.3 Å². The standard InChI is InChI=1S/C14H17N3O3S/c1-9-10(2)21-14(16-9)5-6-15-12-7-11(8-18)3-4-13(12)17(19)20/h3-4,7,15,18H,5-6,8H2,1-2H3. The van der Waals surface area contributed by atoms with Gasteiger partial charge in [0.25, 0.3) is 5.69 Å². The molecule has 2 rings (SSSR count). The summed E-state index contributed by atoms with van der Waals surface area (Å²) >= 11 is 1.64. The van der Waals surface area contributed by atoms with E-state index in [9.17, 15) is 10.1 Å². The lowest BCUT2D eigenvalue weighted by molar-refractivity contribution is -0.384. The Labute approximate surface area is 126 Å². The van der Waals surface area contributed by atoms with E-state index in [0.29, 0.717) is 24.2 Å². The van der Waals surface area contributed by atoms with E-state index < -0.39 is 4.92 Å². The number of rotatable bonds is 6. The highest BCUT2D eigenvalue weighted by atomic mass is 32.1. The van der Waals surface area contributed by atoms with Crippen LogP contribution >= 0.6 is 11.3 Å². The molecular formula is C14H17N3O3S. The highest BCUT2D eigenvalue weighted by Crippen LogP contribution is 2.25. The van der Waals surface area contributed by atoms with E-state index in [0.717, 1.165) is 10.7 Å². The van der Waals surface area contributed by atoms with Crippen molar-refractivity contribution in [1.82, 2.24) is 4.98 Å². The van der Waals surface area contributed by atoms with Gasteiger partial charge in [-0.2, -0.15) is 0 Å². The van der Waals surface area contributed by atoms with E-state index >= 15 is 0 Å². The van der Waals surface area contributed by atoms with Crippen molar-refractivity contribution in [3.05, 3.63) is 49.5 Å². The Bertz CT molecular complexity index is 635. The SMILES string of the molecule is Cc1nc(CCNc2cc(CO)ccc2[N+](=O)[O-])sc1C. The van der Waals surface area contributed by atoms with E-state index in [1.165, 1.54) is 10.9 Å².